The summed E-state index contributed by atoms with van der Waals surface area (Å²) in [5, 5.41) is -0.120. The van der Waals surface area contributed by atoms with E-state index in [4.69, 9.17) is 0 Å². The highest BCUT2D eigenvalue weighted by molar-refractivity contribution is 7.92. The molecule has 0 aliphatic heterocycles. The van der Waals surface area contributed by atoms with E-state index in [1.54, 1.807) is 12.1 Å². The van der Waals surface area contributed by atoms with Crippen LogP contribution in [0.3, 0.4) is 0 Å². The minimum absolute atomic E-state index is 0.120. The van der Waals surface area contributed by atoms with Crippen LogP contribution >= 0.6 is 0 Å². The van der Waals surface area contributed by atoms with Gasteiger partial charge in [0.05, 0.1) is 10.1 Å². The van der Waals surface area contributed by atoms with Crippen LogP contribution < -0.4 is 0 Å². The van der Waals surface area contributed by atoms with Crippen LogP contribution in [0.5, 0.6) is 0 Å². The van der Waals surface area contributed by atoms with Gasteiger partial charge < -0.3 is 0 Å². The molecule has 14 heavy (non-hydrogen) atoms. The van der Waals surface area contributed by atoms with Crippen LogP contribution in [0.25, 0.3) is 0 Å². The Hall–Kier alpha value is -0.830. The molecular formula is C11H14O2S. The highest BCUT2D eigenvalue weighted by Gasteiger charge is 2.32. The molecule has 0 bridgehead atoms. The number of hydrogen-bond donors (Lipinski definition) is 0. The Bertz CT molecular complexity index is 413. The monoisotopic (exact) mass is 210 g/mol. The molecule has 0 amide bonds. The first kappa shape index (κ1) is 9.71. The molecule has 0 atom stereocenters. The second-order valence-corrected chi connectivity index (χ2v) is 6.14. The zero-order valence-corrected chi connectivity index (χ0v) is 9.05. The van der Waals surface area contributed by atoms with E-state index in [1.807, 2.05) is 19.1 Å². The molecule has 1 aromatic rings. The average Bonchev–Trinajstić information content (AvgIpc) is 2.00. The van der Waals surface area contributed by atoms with Gasteiger partial charge in [-0.15, -0.1) is 0 Å². The molecule has 3 heteroatoms. The van der Waals surface area contributed by atoms with Crippen LogP contribution in [0, 0.1) is 6.92 Å². The van der Waals surface area contributed by atoms with Crippen LogP contribution in [-0.4, -0.2) is 13.7 Å². The maximum atomic E-state index is 11.9. The van der Waals surface area contributed by atoms with Crippen LogP contribution in [0.15, 0.2) is 29.2 Å². The molecule has 1 aromatic carbocycles. The SMILES string of the molecule is Cc1ccc(S(=O)(=O)C2CCC2)cc1. The smallest absolute Gasteiger partial charge is 0.181 e. The molecule has 1 aliphatic rings. The molecule has 2 nitrogen and oxygen atoms in total. The van der Waals surface area contributed by atoms with E-state index < -0.39 is 9.84 Å². The fraction of sp³-hybridized carbons (Fsp3) is 0.455. The van der Waals surface area contributed by atoms with Crippen molar-refractivity contribution in [2.45, 2.75) is 36.3 Å². The van der Waals surface area contributed by atoms with Gasteiger partial charge in [0.1, 0.15) is 0 Å². The van der Waals surface area contributed by atoms with Crippen molar-refractivity contribution in [1.82, 2.24) is 0 Å². The highest BCUT2D eigenvalue weighted by atomic mass is 32.2. The van der Waals surface area contributed by atoms with Gasteiger partial charge in [-0.3, -0.25) is 0 Å². The Morgan fingerprint density at radius 3 is 2.14 bits per heavy atom. The predicted octanol–water partition coefficient (Wildman–Crippen LogP) is 2.32. The van der Waals surface area contributed by atoms with E-state index >= 15 is 0 Å². The molecule has 1 fully saturated rings. The fourth-order valence-electron chi connectivity index (χ4n) is 1.60. The van der Waals surface area contributed by atoms with Gasteiger partial charge in [0.15, 0.2) is 9.84 Å². The van der Waals surface area contributed by atoms with Gasteiger partial charge >= 0.3 is 0 Å². The van der Waals surface area contributed by atoms with Gasteiger partial charge in [0, 0.05) is 0 Å². The van der Waals surface area contributed by atoms with Crippen molar-refractivity contribution in [3.05, 3.63) is 29.8 Å². The first-order valence-electron chi connectivity index (χ1n) is 4.91. The third-order valence-corrected chi connectivity index (χ3v) is 5.12. The van der Waals surface area contributed by atoms with E-state index in [0.29, 0.717) is 4.90 Å². The van der Waals surface area contributed by atoms with Gasteiger partial charge in [0.2, 0.25) is 0 Å². The zero-order valence-electron chi connectivity index (χ0n) is 8.23. The van der Waals surface area contributed by atoms with Crippen molar-refractivity contribution in [2.24, 2.45) is 0 Å². The highest BCUT2D eigenvalue weighted by Crippen LogP contribution is 2.30. The van der Waals surface area contributed by atoms with Crippen LogP contribution in [0.1, 0.15) is 24.8 Å². The fourth-order valence-corrected chi connectivity index (χ4v) is 3.46. The summed E-state index contributed by atoms with van der Waals surface area (Å²) in [7, 11) is -3.02. The molecule has 0 N–H and O–H groups in total. The largest absolute Gasteiger partial charge is 0.223 e. The Morgan fingerprint density at radius 1 is 1.14 bits per heavy atom. The first-order valence-corrected chi connectivity index (χ1v) is 6.46. The van der Waals surface area contributed by atoms with Gasteiger partial charge in [0.25, 0.3) is 0 Å². The molecule has 0 saturated heterocycles. The average molecular weight is 210 g/mol. The molecule has 1 aliphatic carbocycles. The Morgan fingerprint density at radius 2 is 1.71 bits per heavy atom. The number of benzene rings is 1. The maximum absolute atomic E-state index is 11.9. The second-order valence-electron chi connectivity index (χ2n) is 3.91. The second kappa shape index (κ2) is 3.39. The van der Waals surface area contributed by atoms with Crippen molar-refractivity contribution in [3.8, 4) is 0 Å². The zero-order chi connectivity index (χ0) is 10.2. The summed E-state index contributed by atoms with van der Waals surface area (Å²) in [6.07, 6.45) is 2.71. The molecular weight excluding hydrogens is 196 g/mol. The van der Waals surface area contributed by atoms with Crippen LogP contribution in [0.2, 0.25) is 0 Å². The standard InChI is InChI=1S/C11H14O2S/c1-9-5-7-11(8-6-9)14(12,13)10-3-2-4-10/h5-8,10H,2-4H2,1H3. The third kappa shape index (κ3) is 1.57. The van der Waals surface area contributed by atoms with Crippen molar-refractivity contribution < 1.29 is 8.42 Å². The van der Waals surface area contributed by atoms with Crippen molar-refractivity contribution >= 4 is 9.84 Å². The molecule has 0 spiro atoms. The predicted molar refractivity (Wildman–Crippen MR) is 56.0 cm³/mol. The van der Waals surface area contributed by atoms with E-state index in [1.165, 1.54) is 0 Å². The van der Waals surface area contributed by atoms with Gasteiger partial charge in [-0.1, -0.05) is 24.1 Å². The number of hydrogen-bond acceptors (Lipinski definition) is 2. The van der Waals surface area contributed by atoms with E-state index in [9.17, 15) is 8.42 Å². The van der Waals surface area contributed by atoms with Crippen molar-refractivity contribution in [3.63, 3.8) is 0 Å². The summed E-state index contributed by atoms with van der Waals surface area (Å²) < 4.78 is 23.9. The number of sulfone groups is 1. The van der Waals surface area contributed by atoms with E-state index in [-0.39, 0.29) is 5.25 Å². The lowest BCUT2D eigenvalue weighted by Gasteiger charge is -2.25. The molecule has 0 aromatic heterocycles. The lowest BCUT2D eigenvalue weighted by Crippen LogP contribution is -2.28. The Balaban J connectivity index is 2.34. The number of rotatable bonds is 2. The van der Waals surface area contributed by atoms with E-state index in [0.717, 1.165) is 24.8 Å². The summed E-state index contributed by atoms with van der Waals surface area (Å²) in [6.45, 7) is 1.96. The summed E-state index contributed by atoms with van der Waals surface area (Å²) in [6, 6.07) is 7.13. The maximum Gasteiger partial charge on any atom is 0.181 e. The topological polar surface area (TPSA) is 34.1 Å². The van der Waals surface area contributed by atoms with E-state index in [2.05, 4.69) is 0 Å². The number of aryl methyl sites for hydroxylation is 1. The first-order chi connectivity index (χ1) is 6.60. The normalized spacial score (nSPS) is 17.8. The lowest BCUT2D eigenvalue weighted by atomic mass is 10.00. The summed E-state index contributed by atoms with van der Waals surface area (Å²) in [4.78, 5) is 0.479. The quantitative estimate of drug-likeness (QED) is 0.750. The van der Waals surface area contributed by atoms with Gasteiger partial charge in [-0.05, 0) is 31.9 Å². The van der Waals surface area contributed by atoms with Crippen molar-refractivity contribution in [2.75, 3.05) is 0 Å². The Labute approximate surface area is 84.9 Å². The lowest BCUT2D eigenvalue weighted by molar-refractivity contribution is 0.477. The van der Waals surface area contributed by atoms with Crippen LogP contribution in [-0.2, 0) is 9.84 Å². The molecule has 0 radical (unpaired) electrons. The minimum Gasteiger partial charge on any atom is -0.223 e. The molecule has 0 unspecified atom stereocenters. The molecule has 2 rings (SSSR count). The van der Waals surface area contributed by atoms with Crippen molar-refractivity contribution in [1.29, 1.82) is 0 Å². The molecule has 0 heterocycles. The summed E-state index contributed by atoms with van der Waals surface area (Å²) >= 11 is 0. The van der Waals surface area contributed by atoms with Gasteiger partial charge in [-0.2, -0.15) is 0 Å². The van der Waals surface area contributed by atoms with Crippen LogP contribution in [0.4, 0.5) is 0 Å². The summed E-state index contributed by atoms with van der Waals surface area (Å²) in [5.74, 6) is 0. The summed E-state index contributed by atoms with van der Waals surface area (Å²) in [5.41, 5.74) is 1.09. The minimum atomic E-state index is -3.02. The molecule has 76 valence electrons. The molecule has 1 saturated carbocycles. The van der Waals surface area contributed by atoms with Gasteiger partial charge in [-0.25, -0.2) is 8.42 Å². The third-order valence-electron chi connectivity index (χ3n) is 2.84. The Kier molecular flexibility index (Phi) is 2.35.